The molecule has 2 N–H and O–H groups in total. The lowest BCUT2D eigenvalue weighted by molar-refractivity contribution is 0.308. The lowest BCUT2D eigenvalue weighted by Crippen LogP contribution is -2.23. The third-order valence-corrected chi connectivity index (χ3v) is 4.23. The van der Waals surface area contributed by atoms with E-state index < -0.39 is 0 Å². The van der Waals surface area contributed by atoms with E-state index in [1.807, 2.05) is 30.3 Å². The molecule has 0 unspecified atom stereocenters. The molecule has 0 aliphatic rings. The zero-order valence-electron chi connectivity index (χ0n) is 14.5. The van der Waals surface area contributed by atoms with Crippen LogP contribution < -0.4 is 11.4 Å². The number of benzene rings is 1. The first-order valence-corrected chi connectivity index (χ1v) is 8.15. The molecule has 1 aromatic carbocycles. The van der Waals surface area contributed by atoms with Crippen LogP contribution in [-0.4, -0.2) is 31.0 Å². The fraction of sp³-hybridized carbons (Fsp3) is 0.111. The van der Waals surface area contributed by atoms with E-state index in [-0.39, 0.29) is 31.2 Å². The van der Waals surface area contributed by atoms with Gasteiger partial charge in [0.05, 0.1) is 19.1 Å². The van der Waals surface area contributed by atoms with Crippen molar-refractivity contribution in [1.29, 1.82) is 0 Å². The van der Waals surface area contributed by atoms with Gasteiger partial charge in [-0.15, -0.1) is 17.5 Å². The van der Waals surface area contributed by atoms with Crippen LogP contribution in [0.3, 0.4) is 0 Å². The number of hydrogen-bond donors (Lipinski definition) is 1. The monoisotopic (exact) mass is 402 g/mol. The van der Waals surface area contributed by atoms with Crippen molar-refractivity contribution in [1.82, 2.24) is 24.5 Å². The average molecular weight is 403 g/mol. The number of fused-ring (bicyclic) bond motifs is 1. The molecule has 0 bridgehead atoms. The van der Waals surface area contributed by atoms with Gasteiger partial charge in [-0.25, -0.2) is 18.5 Å². The van der Waals surface area contributed by atoms with Gasteiger partial charge in [0.15, 0.2) is 5.65 Å². The second kappa shape index (κ2) is 8.15. The predicted molar refractivity (Wildman–Crippen MR) is 104 cm³/mol. The van der Waals surface area contributed by atoms with E-state index in [4.69, 9.17) is 5.73 Å². The second-order valence-electron chi connectivity index (χ2n) is 5.93. The van der Waals surface area contributed by atoms with Gasteiger partial charge in [0.25, 0.3) is 0 Å². The number of nitrogens with zero attached hydrogens (tertiary/aromatic N) is 5. The Bertz CT molecular complexity index is 1170. The molecule has 0 aliphatic carbocycles. The molecule has 0 fully saturated rings. The molecule has 0 aliphatic heterocycles. The smallest absolute Gasteiger partial charge is 0.327 e. The lowest BCUT2D eigenvalue weighted by atomic mass is 10.0. The van der Waals surface area contributed by atoms with Crippen LogP contribution in [0.1, 0.15) is 0 Å². The molecular formula is C18H16ClFN6O2. The molecule has 0 saturated carbocycles. The number of halogens is 2. The van der Waals surface area contributed by atoms with Crippen molar-refractivity contribution in [3.63, 3.8) is 0 Å². The van der Waals surface area contributed by atoms with Crippen LogP contribution in [0.25, 0.3) is 28.0 Å². The summed E-state index contributed by atoms with van der Waals surface area (Å²) in [6.07, 6.45) is 3.60. The molecule has 0 radical (unpaired) electrons. The topological polar surface area (TPSA) is 104 Å². The zero-order chi connectivity index (χ0) is 18.8. The maximum Gasteiger partial charge on any atom is 0.350 e. The van der Waals surface area contributed by atoms with Gasteiger partial charge in [-0.05, 0) is 34.0 Å². The Hall–Kier alpha value is -3.30. The summed E-state index contributed by atoms with van der Waals surface area (Å²) < 4.78 is 20.0. The summed E-state index contributed by atoms with van der Waals surface area (Å²) in [6, 6.07) is 11.3. The van der Waals surface area contributed by atoms with Crippen molar-refractivity contribution in [3.05, 3.63) is 71.2 Å². The van der Waals surface area contributed by atoms with Gasteiger partial charge < -0.3 is 5.73 Å². The molecule has 4 aromatic rings. The van der Waals surface area contributed by atoms with Crippen molar-refractivity contribution in [2.24, 2.45) is 5.73 Å². The Morgan fingerprint density at radius 1 is 1.18 bits per heavy atom. The van der Waals surface area contributed by atoms with Crippen molar-refractivity contribution >= 4 is 18.1 Å². The Kier molecular flexibility index (Phi) is 5.67. The Morgan fingerprint density at radius 3 is 2.57 bits per heavy atom. The molecule has 28 heavy (non-hydrogen) atoms. The van der Waals surface area contributed by atoms with Crippen molar-refractivity contribution < 1.29 is 9.02 Å². The summed E-state index contributed by atoms with van der Waals surface area (Å²) in [6.45, 7) is 0.0404. The zero-order valence-corrected chi connectivity index (χ0v) is 15.3. The van der Waals surface area contributed by atoms with Crippen molar-refractivity contribution in [2.45, 2.75) is 6.54 Å². The number of aromatic nitrogens is 5. The number of hydrogen-bond acceptors (Lipinski definition) is 6. The molecule has 4 rings (SSSR count). The summed E-state index contributed by atoms with van der Waals surface area (Å²) >= 11 is 0. The molecule has 144 valence electrons. The summed E-state index contributed by atoms with van der Waals surface area (Å²) in [5.41, 5.74) is 9.24. The number of pyridine rings is 1. The van der Waals surface area contributed by atoms with E-state index in [1.54, 1.807) is 18.5 Å². The normalized spacial score (nSPS) is 11.6. The van der Waals surface area contributed by atoms with Gasteiger partial charge in [-0.1, -0.05) is 29.4 Å². The van der Waals surface area contributed by atoms with E-state index in [0.717, 1.165) is 16.7 Å². The first-order chi connectivity index (χ1) is 13.2. The fourth-order valence-electron chi connectivity index (χ4n) is 2.76. The third-order valence-electron chi connectivity index (χ3n) is 4.23. The first-order valence-electron chi connectivity index (χ1n) is 8.15. The van der Waals surface area contributed by atoms with Gasteiger partial charge in [-0.3, -0.25) is 4.40 Å². The maximum atomic E-state index is 12.7. The van der Waals surface area contributed by atoms with E-state index in [9.17, 15) is 9.18 Å². The summed E-state index contributed by atoms with van der Waals surface area (Å²) in [4.78, 5) is 12.4. The van der Waals surface area contributed by atoms with Gasteiger partial charge in [0.2, 0.25) is 0 Å². The Balaban J connectivity index is 0.00000225. The second-order valence-corrected chi connectivity index (χ2v) is 5.93. The van der Waals surface area contributed by atoms with E-state index in [1.165, 1.54) is 9.08 Å². The predicted octanol–water partition coefficient (Wildman–Crippen LogP) is 2.45. The lowest BCUT2D eigenvalue weighted by Gasteiger charge is -2.03. The Labute approximate surface area is 164 Å². The van der Waals surface area contributed by atoms with Crippen molar-refractivity contribution in [2.75, 3.05) is 6.54 Å². The highest BCUT2D eigenvalue weighted by Crippen LogP contribution is 2.24. The van der Waals surface area contributed by atoms with Crippen LogP contribution in [0.15, 0.2) is 70.1 Å². The minimum atomic E-state index is -0.349. The van der Waals surface area contributed by atoms with Gasteiger partial charge in [0, 0.05) is 18.3 Å². The van der Waals surface area contributed by atoms with Gasteiger partial charge >= 0.3 is 5.69 Å². The minimum Gasteiger partial charge on any atom is -0.327 e. The highest BCUT2D eigenvalue weighted by Gasteiger charge is 2.10. The maximum absolute atomic E-state index is 12.7. The van der Waals surface area contributed by atoms with E-state index in [0.29, 0.717) is 23.2 Å². The molecule has 3 aromatic heterocycles. The Morgan fingerprint density at radius 2 is 1.93 bits per heavy atom. The number of rotatable bonds is 5. The minimum absolute atomic E-state index is 0. The van der Waals surface area contributed by atoms with Crippen LogP contribution in [0.5, 0.6) is 0 Å². The van der Waals surface area contributed by atoms with Gasteiger partial charge in [0.1, 0.15) is 5.69 Å². The molecule has 0 amide bonds. The van der Waals surface area contributed by atoms with Crippen LogP contribution in [0.4, 0.5) is 4.39 Å². The summed E-state index contributed by atoms with van der Waals surface area (Å²) in [5.74, 6) is 0. The summed E-state index contributed by atoms with van der Waals surface area (Å²) in [7, 11) is 0. The molecule has 8 nitrogen and oxygen atoms in total. The van der Waals surface area contributed by atoms with E-state index in [2.05, 4.69) is 20.0 Å². The molecular weight excluding hydrogens is 387 g/mol. The van der Waals surface area contributed by atoms with Crippen LogP contribution >= 0.6 is 12.4 Å². The van der Waals surface area contributed by atoms with E-state index >= 15 is 0 Å². The molecule has 0 spiro atoms. The first kappa shape index (κ1) is 19.5. The van der Waals surface area contributed by atoms with Crippen LogP contribution in [0.2, 0.25) is 0 Å². The standard InChI is InChI=1S/C18H15FN6O2.ClH/c19-8-12(9-20)11-25-18(26)24-6-5-15(7-17(24)22-25)13-1-3-14(4-2-13)16-10-21-27-23-16;/h1-8,10H,9,11,20H2;1H/b12-8+;. The van der Waals surface area contributed by atoms with Crippen molar-refractivity contribution in [3.8, 4) is 22.4 Å². The van der Waals surface area contributed by atoms with Crippen LogP contribution in [0, 0.1) is 0 Å². The molecule has 10 heteroatoms. The fourth-order valence-corrected chi connectivity index (χ4v) is 2.76. The largest absolute Gasteiger partial charge is 0.350 e. The molecule has 0 saturated heterocycles. The SMILES string of the molecule is Cl.NC/C(=C\F)Cn1nc2cc(-c3ccc(-c4cnon4)cc3)ccn2c1=O. The third kappa shape index (κ3) is 3.57. The highest BCUT2D eigenvalue weighted by molar-refractivity contribution is 5.85. The van der Waals surface area contributed by atoms with Crippen LogP contribution in [-0.2, 0) is 6.54 Å². The molecule has 0 atom stereocenters. The quantitative estimate of drug-likeness (QED) is 0.549. The number of nitrogens with two attached hydrogens (primary N) is 1. The van der Waals surface area contributed by atoms with Gasteiger partial charge in [-0.2, -0.15) is 0 Å². The molecule has 3 heterocycles. The average Bonchev–Trinajstić information content (AvgIpc) is 3.35. The summed E-state index contributed by atoms with van der Waals surface area (Å²) in [5, 5.41) is 11.7. The highest BCUT2D eigenvalue weighted by atomic mass is 35.5.